The van der Waals surface area contributed by atoms with Crippen LogP contribution in [0.15, 0.2) is 24.3 Å². The predicted octanol–water partition coefficient (Wildman–Crippen LogP) is 2.58. The van der Waals surface area contributed by atoms with Gasteiger partial charge in [0.15, 0.2) is 0 Å². The van der Waals surface area contributed by atoms with Crippen molar-refractivity contribution in [3.8, 4) is 0 Å². The van der Waals surface area contributed by atoms with Crippen LogP contribution in [-0.2, 0) is 4.74 Å². The molecule has 1 aliphatic heterocycles. The largest absolute Gasteiger partial charge is 0.380 e. The van der Waals surface area contributed by atoms with E-state index in [1.54, 1.807) is 0 Å². The lowest BCUT2D eigenvalue weighted by Crippen LogP contribution is -2.26. The second-order valence-electron chi connectivity index (χ2n) is 3.98. The summed E-state index contributed by atoms with van der Waals surface area (Å²) in [7, 11) is 0. The zero-order chi connectivity index (χ0) is 9.97. The maximum Gasteiger partial charge on any atom is 0.0748 e. The highest BCUT2D eigenvalue weighted by atomic mass is 16.5. The van der Waals surface area contributed by atoms with Crippen LogP contribution in [0, 0.1) is 6.92 Å². The topological polar surface area (TPSA) is 21.3 Å². The molecule has 1 aliphatic rings. The zero-order valence-electron chi connectivity index (χ0n) is 8.79. The van der Waals surface area contributed by atoms with Gasteiger partial charge in [0, 0.05) is 12.3 Å². The summed E-state index contributed by atoms with van der Waals surface area (Å²) in [6.45, 7) is 5.11. The van der Waals surface area contributed by atoms with Gasteiger partial charge in [0.25, 0.3) is 0 Å². The monoisotopic (exact) mass is 191 g/mol. The molecule has 2 heteroatoms. The molecule has 1 aromatic rings. The van der Waals surface area contributed by atoms with Crippen LogP contribution in [0.2, 0.25) is 0 Å². The lowest BCUT2D eigenvalue weighted by molar-refractivity contribution is 0.121. The summed E-state index contributed by atoms with van der Waals surface area (Å²) in [5, 5.41) is 3.49. The van der Waals surface area contributed by atoms with Gasteiger partial charge in [-0.25, -0.2) is 0 Å². The highest BCUT2D eigenvalue weighted by Crippen LogP contribution is 2.18. The van der Waals surface area contributed by atoms with Gasteiger partial charge in [-0.2, -0.15) is 0 Å². The fourth-order valence-electron chi connectivity index (χ4n) is 1.79. The van der Waals surface area contributed by atoms with Crippen LogP contribution < -0.4 is 5.32 Å². The number of benzene rings is 1. The molecule has 2 rings (SSSR count). The lowest BCUT2D eigenvalue weighted by Gasteiger charge is -2.17. The minimum atomic E-state index is 0.330. The molecule has 2 atom stereocenters. The zero-order valence-corrected chi connectivity index (χ0v) is 8.79. The van der Waals surface area contributed by atoms with E-state index in [1.165, 1.54) is 11.3 Å². The van der Waals surface area contributed by atoms with E-state index in [-0.39, 0.29) is 0 Å². The minimum absolute atomic E-state index is 0.330. The summed E-state index contributed by atoms with van der Waals surface area (Å²) >= 11 is 0. The Kier molecular flexibility index (Phi) is 2.73. The fourth-order valence-corrected chi connectivity index (χ4v) is 1.79. The maximum absolute atomic E-state index is 5.50. The second-order valence-corrected chi connectivity index (χ2v) is 3.98. The van der Waals surface area contributed by atoms with E-state index in [4.69, 9.17) is 4.74 Å². The third-order valence-electron chi connectivity index (χ3n) is 2.78. The first-order valence-corrected chi connectivity index (χ1v) is 5.20. The summed E-state index contributed by atoms with van der Waals surface area (Å²) in [6, 6.07) is 8.98. The SMILES string of the molecule is Cc1ccc(N[C@H]2CCO[C@H]2C)cc1. The molecule has 0 amide bonds. The Morgan fingerprint density at radius 3 is 2.57 bits per heavy atom. The molecule has 0 saturated carbocycles. The van der Waals surface area contributed by atoms with Crippen molar-refractivity contribution in [3.05, 3.63) is 29.8 Å². The third-order valence-corrected chi connectivity index (χ3v) is 2.78. The fraction of sp³-hybridized carbons (Fsp3) is 0.500. The molecule has 1 heterocycles. The van der Waals surface area contributed by atoms with Crippen molar-refractivity contribution in [2.75, 3.05) is 11.9 Å². The molecular formula is C12H17NO. The lowest BCUT2D eigenvalue weighted by atomic mass is 10.1. The van der Waals surface area contributed by atoms with E-state index in [2.05, 4.69) is 43.4 Å². The highest BCUT2D eigenvalue weighted by Gasteiger charge is 2.23. The van der Waals surface area contributed by atoms with Gasteiger partial charge in [-0.15, -0.1) is 0 Å². The van der Waals surface area contributed by atoms with Gasteiger partial charge in [0.1, 0.15) is 0 Å². The van der Waals surface area contributed by atoms with Gasteiger partial charge >= 0.3 is 0 Å². The summed E-state index contributed by atoms with van der Waals surface area (Å²) < 4.78 is 5.50. The molecule has 0 aliphatic carbocycles. The van der Waals surface area contributed by atoms with Gasteiger partial charge in [-0.05, 0) is 32.4 Å². The van der Waals surface area contributed by atoms with Crippen molar-refractivity contribution >= 4 is 5.69 Å². The van der Waals surface area contributed by atoms with Crippen LogP contribution in [0.3, 0.4) is 0 Å². The van der Waals surface area contributed by atoms with Crippen LogP contribution in [0.4, 0.5) is 5.69 Å². The van der Waals surface area contributed by atoms with E-state index >= 15 is 0 Å². The van der Waals surface area contributed by atoms with E-state index < -0.39 is 0 Å². The van der Waals surface area contributed by atoms with E-state index in [0.29, 0.717) is 12.1 Å². The first-order chi connectivity index (χ1) is 6.75. The maximum atomic E-state index is 5.50. The van der Waals surface area contributed by atoms with Gasteiger partial charge in [-0.3, -0.25) is 0 Å². The van der Waals surface area contributed by atoms with Crippen molar-refractivity contribution < 1.29 is 4.74 Å². The Balaban J connectivity index is 2.00. The Bertz CT molecular complexity index is 294. The van der Waals surface area contributed by atoms with Crippen LogP contribution >= 0.6 is 0 Å². The Morgan fingerprint density at radius 1 is 1.29 bits per heavy atom. The van der Waals surface area contributed by atoms with E-state index in [0.717, 1.165) is 13.0 Å². The Labute approximate surface area is 85.3 Å². The molecule has 0 aromatic heterocycles. The molecule has 0 bridgehead atoms. The quantitative estimate of drug-likeness (QED) is 0.775. The molecule has 1 N–H and O–H groups in total. The smallest absolute Gasteiger partial charge is 0.0748 e. The molecule has 0 spiro atoms. The number of nitrogens with one attached hydrogen (secondary N) is 1. The Morgan fingerprint density at radius 2 is 2.00 bits per heavy atom. The van der Waals surface area contributed by atoms with Gasteiger partial charge in [0.2, 0.25) is 0 Å². The van der Waals surface area contributed by atoms with Gasteiger partial charge in [0.05, 0.1) is 12.1 Å². The number of hydrogen-bond donors (Lipinski definition) is 1. The number of rotatable bonds is 2. The molecule has 0 unspecified atom stereocenters. The average molecular weight is 191 g/mol. The van der Waals surface area contributed by atoms with Crippen LogP contribution in [-0.4, -0.2) is 18.8 Å². The van der Waals surface area contributed by atoms with Crippen molar-refractivity contribution in [2.45, 2.75) is 32.4 Å². The first-order valence-electron chi connectivity index (χ1n) is 5.20. The number of aryl methyl sites for hydroxylation is 1. The van der Waals surface area contributed by atoms with E-state index in [1.807, 2.05) is 0 Å². The standard InChI is InChI=1S/C12H17NO/c1-9-3-5-11(6-4-9)13-12-7-8-14-10(12)2/h3-6,10,12-13H,7-8H2,1-2H3/t10-,12-/m0/s1. The third kappa shape index (κ3) is 2.07. The van der Waals surface area contributed by atoms with Crippen molar-refractivity contribution in [1.29, 1.82) is 0 Å². The predicted molar refractivity (Wildman–Crippen MR) is 58.6 cm³/mol. The van der Waals surface area contributed by atoms with Gasteiger partial charge < -0.3 is 10.1 Å². The second kappa shape index (κ2) is 4.01. The number of anilines is 1. The molecule has 76 valence electrons. The summed E-state index contributed by atoms with van der Waals surface area (Å²) in [5.74, 6) is 0. The molecule has 1 aromatic carbocycles. The van der Waals surface area contributed by atoms with E-state index in [9.17, 15) is 0 Å². The summed E-state index contributed by atoms with van der Waals surface area (Å²) in [6.07, 6.45) is 1.44. The van der Waals surface area contributed by atoms with Crippen molar-refractivity contribution in [1.82, 2.24) is 0 Å². The Hall–Kier alpha value is -1.02. The van der Waals surface area contributed by atoms with Crippen molar-refractivity contribution in [3.63, 3.8) is 0 Å². The number of hydrogen-bond acceptors (Lipinski definition) is 2. The van der Waals surface area contributed by atoms with Crippen LogP contribution in [0.25, 0.3) is 0 Å². The van der Waals surface area contributed by atoms with Gasteiger partial charge in [-0.1, -0.05) is 17.7 Å². The highest BCUT2D eigenvalue weighted by molar-refractivity contribution is 5.45. The van der Waals surface area contributed by atoms with Crippen LogP contribution in [0.5, 0.6) is 0 Å². The average Bonchev–Trinajstić information content (AvgIpc) is 2.56. The number of ether oxygens (including phenoxy) is 1. The molecule has 14 heavy (non-hydrogen) atoms. The molecule has 1 saturated heterocycles. The van der Waals surface area contributed by atoms with Crippen LogP contribution in [0.1, 0.15) is 18.9 Å². The minimum Gasteiger partial charge on any atom is -0.380 e. The molecule has 0 radical (unpaired) electrons. The normalized spacial score (nSPS) is 26.4. The summed E-state index contributed by atoms with van der Waals surface area (Å²) in [4.78, 5) is 0. The summed E-state index contributed by atoms with van der Waals surface area (Å²) in [5.41, 5.74) is 2.49. The molecular weight excluding hydrogens is 174 g/mol. The van der Waals surface area contributed by atoms with Crippen molar-refractivity contribution in [2.24, 2.45) is 0 Å². The molecule has 1 fully saturated rings. The first kappa shape index (κ1) is 9.53. The molecule has 2 nitrogen and oxygen atoms in total.